The fourth-order valence-electron chi connectivity index (χ4n) is 1.90. The topological polar surface area (TPSA) is 9.23 Å². The average molecular weight is 424 g/mol. The second-order valence-corrected chi connectivity index (χ2v) is 6.32. The Morgan fingerprint density at radius 2 is 1.52 bits per heavy atom. The standard InChI is InChI=1S/C15H11Br2F3O/c1-8-5-11(6-9(2)14(8)17)21-13-4-3-10(16)7-12(13)15(18,19)20/h3-7H,1-2H3. The first-order valence-corrected chi connectivity index (χ1v) is 7.58. The van der Waals surface area contributed by atoms with Gasteiger partial charge in [0.1, 0.15) is 11.5 Å². The lowest BCUT2D eigenvalue weighted by molar-refractivity contribution is -0.138. The Kier molecular flexibility index (Phi) is 4.68. The minimum atomic E-state index is -4.47. The van der Waals surface area contributed by atoms with Crippen LogP contribution in [0.2, 0.25) is 0 Å². The number of halogens is 5. The van der Waals surface area contributed by atoms with Gasteiger partial charge in [0.25, 0.3) is 0 Å². The van der Waals surface area contributed by atoms with Crippen LogP contribution in [0, 0.1) is 13.8 Å². The van der Waals surface area contributed by atoms with Crippen LogP contribution in [-0.2, 0) is 6.18 Å². The summed E-state index contributed by atoms with van der Waals surface area (Å²) in [6.45, 7) is 3.71. The van der Waals surface area contributed by atoms with Gasteiger partial charge in [0.05, 0.1) is 5.56 Å². The number of hydrogen-bond donors (Lipinski definition) is 0. The van der Waals surface area contributed by atoms with E-state index < -0.39 is 11.7 Å². The van der Waals surface area contributed by atoms with Crippen molar-refractivity contribution in [3.8, 4) is 11.5 Å². The Bertz CT molecular complexity index is 658. The molecule has 0 saturated carbocycles. The van der Waals surface area contributed by atoms with Gasteiger partial charge in [-0.05, 0) is 55.3 Å². The number of benzene rings is 2. The van der Waals surface area contributed by atoms with Crippen molar-refractivity contribution in [3.05, 3.63) is 56.0 Å². The lowest BCUT2D eigenvalue weighted by Crippen LogP contribution is -2.07. The maximum Gasteiger partial charge on any atom is 0.420 e. The van der Waals surface area contributed by atoms with E-state index in [1.165, 1.54) is 12.1 Å². The summed E-state index contributed by atoms with van der Waals surface area (Å²) in [7, 11) is 0. The molecule has 0 unspecified atom stereocenters. The molecule has 0 radical (unpaired) electrons. The van der Waals surface area contributed by atoms with Crippen LogP contribution < -0.4 is 4.74 Å². The number of ether oxygens (including phenoxy) is 1. The summed E-state index contributed by atoms with van der Waals surface area (Å²) in [6.07, 6.45) is -4.47. The first kappa shape index (κ1) is 16.4. The van der Waals surface area contributed by atoms with Crippen LogP contribution >= 0.6 is 31.9 Å². The number of alkyl halides is 3. The first-order chi connectivity index (χ1) is 9.68. The molecule has 21 heavy (non-hydrogen) atoms. The molecule has 0 saturated heterocycles. The van der Waals surface area contributed by atoms with Crippen LogP contribution in [0.3, 0.4) is 0 Å². The van der Waals surface area contributed by atoms with Crippen molar-refractivity contribution in [2.24, 2.45) is 0 Å². The van der Waals surface area contributed by atoms with Gasteiger partial charge in [0.2, 0.25) is 0 Å². The lowest BCUT2D eigenvalue weighted by atomic mass is 10.1. The predicted octanol–water partition coefficient (Wildman–Crippen LogP) is 6.64. The van der Waals surface area contributed by atoms with E-state index in [4.69, 9.17) is 4.74 Å². The number of aryl methyl sites for hydroxylation is 2. The van der Waals surface area contributed by atoms with E-state index in [2.05, 4.69) is 31.9 Å². The van der Waals surface area contributed by atoms with Gasteiger partial charge in [-0.2, -0.15) is 13.2 Å². The van der Waals surface area contributed by atoms with E-state index in [-0.39, 0.29) is 5.75 Å². The molecular formula is C15H11Br2F3O. The summed E-state index contributed by atoms with van der Waals surface area (Å²) in [4.78, 5) is 0. The van der Waals surface area contributed by atoms with Gasteiger partial charge in [0, 0.05) is 8.95 Å². The van der Waals surface area contributed by atoms with E-state index in [0.717, 1.165) is 21.7 Å². The highest BCUT2D eigenvalue weighted by Crippen LogP contribution is 2.40. The van der Waals surface area contributed by atoms with Crippen molar-refractivity contribution in [2.75, 3.05) is 0 Å². The Balaban J connectivity index is 2.45. The smallest absolute Gasteiger partial charge is 0.420 e. The van der Waals surface area contributed by atoms with E-state index in [0.29, 0.717) is 10.2 Å². The van der Waals surface area contributed by atoms with Gasteiger partial charge in [0.15, 0.2) is 0 Å². The van der Waals surface area contributed by atoms with E-state index in [1.807, 2.05) is 13.8 Å². The molecule has 112 valence electrons. The summed E-state index contributed by atoms with van der Waals surface area (Å²) < 4.78 is 45.9. The van der Waals surface area contributed by atoms with E-state index >= 15 is 0 Å². The zero-order valence-corrected chi connectivity index (χ0v) is 14.4. The molecule has 0 atom stereocenters. The quantitative estimate of drug-likeness (QED) is 0.526. The molecule has 0 heterocycles. The average Bonchev–Trinajstić information content (AvgIpc) is 2.37. The molecule has 6 heteroatoms. The highest BCUT2D eigenvalue weighted by molar-refractivity contribution is 9.10. The van der Waals surface area contributed by atoms with E-state index in [1.54, 1.807) is 12.1 Å². The maximum absolute atomic E-state index is 13.0. The molecule has 0 bridgehead atoms. The zero-order chi connectivity index (χ0) is 15.8. The third kappa shape index (κ3) is 3.80. The fraction of sp³-hybridized carbons (Fsp3) is 0.200. The Morgan fingerprint density at radius 3 is 2.05 bits per heavy atom. The lowest BCUT2D eigenvalue weighted by Gasteiger charge is -2.15. The van der Waals surface area contributed by atoms with Crippen molar-refractivity contribution >= 4 is 31.9 Å². The van der Waals surface area contributed by atoms with Gasteiger partial charge >= 0.3 is 6.18 Å². The fourth-order valence-corrected chi connectivity index (χ4v) is 2.49. The van der Waals surface area contributed by atoms with Crippen LogP contribution in [0.1, 0.15) is 16.7 Å². The van der Waals surface area contributed by atoms with Crippen molar-refractivity contribution in [1.82, 2.24) is 0 Å². The third-order valence-electron chi connectivity index (χ3n) is 2.88. The summed E-state index contributed by atoms with van der Waals surface area (Å²) in [5, 5.41) is 0. The van der Waals surface area contributed by atoms with Crippen molar-refractivity contribution in [1.29, 1.82) is 0 Å². The Labute approximate surface area is 137 Å². The zero-order valence-electron chi connectivity index (χ0n) is 11.2. The molecule has 0 aliphatic rings. The Morgan fingerprint density at radius 1 is 0.952 bits per heavy atom. The predicted molar refractivity (Wildman–Crippen MR) is 82.8 cm³/mol. The normalized spacial score (nSPS) is 11.6. The molecule has 0 N–H and O–H groups in total. The Hall–Kier alpha value is -1.01. The second-order valence-electron chi connectivity index (χ2n) is 4.61. The molecule has 2 aromatic carbocycles. The molecule has 0 spiro atoms. The molecule has 2 rings (SSSR count). The SMILES string of the molecule is Cc1cc(Oc2ccc(Br)cc2C(F)(F)F)cc(C)c1Br. The molecule has 0 amide bonds. The third-order valence-corrected chi connectivity index (χ3v) is 4.63. The minimum Gasteiger partial charge on any atom is -0.457 e. The monoisotopic (exact) mass is 422 g/mol. The highest BCUT2D eigenvalue weighted by atomic mass is 79.9. The van der Waals surface area contributed by atoms with Gasteiger partial charge < -0.3 is 4.74 Å². The van der Waals surface area contributed by atoms with Gasteiger partial charge in [-0.3, -0.25) is 0 Å². The molecular weight excluding hydrogens is 413 g/mol. The van der Waals surface area contributed by atoms with Gasteiger partial charge in [-0.15, -0.1) is 0 Å². The largest absolute Gasteiger partial charge is 0.457 e. The van der Waals surface area contributed by atoms with Crippen molar-refractivity contribution < 1.29 is 17.9 Å². The van der Waals surface area contributed by atoms with E-state index in [9.17, 15) is 13.2 Å². The molecule has 2 aromatic rings. The van der Waals surface area contributed by atoms with Crippen molar-refractivity contribution in [2.45, 2.75) is 20.0 Å². The van der Waals surface area contributed by atoms with Crippen LogP contribution in [0.5, 0.6) is 11.5 Å². The van der Waals surface area contributed by atoms with Gasteiger partial charge in [-0.25, -0.2) is 0 Å². The summed E-state index contributed by atoms with van der Waals surface area (Å²) in [5.41, 5.74) is 0.987. The molecule has 0 aromatic heterocycles. The minimum absolute atomic E-state index is 0.216. The van der Waals surface area contributed by atoms with Crippen LogP contribution in [-0.4, -0.2) is 0 Å². The molecule has 0 aliphatic heterocycles. The van der Waals surface area contributed by atoms with Crippen LogP contribution in [0.25, 0.3) is 0 Å². The molecule has 1 nitrogen and oxygen atoms in total. The second kappa shape index (κ2) is 6.01. The number of rotatable bonds is 2. The summed E-state index contributed by atoms with van der Waals surface area (Å²) in [5.74, 6) is 0.160. The van der Waals surface area contributed by atoms with Crippen LogP contribution in [0.4, 0.5) is 13.2 Å². The van der Waals surface area contributed by atoms with Crippen molar-refractivity contribution in [3.63, 3.8) is 0 Å². The number of hydrogen-bond acceptors (Lipinski definition) is 1. The highest BCUT2D eigenvalue weighted by Gasteiger charge is 2.34. The van der Waals surface area contributed by atoms with Crippen LogP contribution in [0.15, 0.2) is 39.3 Å². The summed E-state index contributed by atoms with van der Waals surface area (Å²) >= 11 is 6.46. The maximum atomic E-state index is 13.0. The first-order valence-electron chi connectivity index (χ1n) is 6.00. The summed E-state index contributed by atoms with van der Waals surface area (Å²) in [6, 6.07) is 7.22. The molecule has 0 aliphatic carbocycles. The molecule has 0 fully saturated rings. The van der Waals surface area contributed by atoms with Gasteiger partial charge in [-0.1, -0.05) is 31.9 Å².